The highest BCUT2D eigenvalue weighted by Gasteiger charge is 2.10. The Bertz CT molecular complexity index is 890. The maximum atomic E-state index is 12.3. The lowest BCUT2D eigenvalue weighted by Crippen LogP contribution is -2.13. The van der Waals surface area contributed by atoms with Gasteiger partial charge < -0.3 is 5.32 Å². The summed E-state index contributed by atoms with van der Waals surface area (Å²) in [5.41, 5.74) is 1.48. The Kier molecular flexibility index (Phi) is 3.84. The number of hydrogen-bond donors (Lipinski definition) is 1. The molecule has 2 aromatic carbocycles. The summed E-state index contributed by atoms with van der Waals surface area (Å²) >= 11 is 0. The average molecular weight is 309 g/mol. The molecule has 23 heavy (non-hydrogen) atoms. The van der Waals surface area contributed by atoms with Gasteiger partial charge in [0.25, 0.3) is 11.0 Å². The van der Waals surface area contributed by atoms with Crippen LogP contribution in [0.1, 0.15) is 10.4 Å². The van der Waals surface area contributed by atoms with E-state index in [1.54, 1.807) is 18.3 Å². The highest BCUT2D eigenvalue weighted by Crippen LogP contribution is 2.22. The maximum Gasteiger partial charge on any atom is 0.299 e. The van der Waals surface area contributed by atoms with Crippen molar-refractivity contribution in [2.75, 3.05) is 5.32 Å². The van der Waals surface area contributed by atoms with Gasteiger partial charge >= 0.3 is 0 Å². The lowest BCUT2D eigenvalue weighted by Gasteiger charge is -2.08. The van der Waals surface area contributed by atoms with Crippen LogP contribution in [0.2, 0.25) is 0 Å². The molecule has 0 aliphatic rings. The number of carbonyl (C=O) groups is 1. The molecular weight excluding hydrogens is 298 g/mol. The zero-order chi connectivity index (χ0) is 16.2. The number of aromatic nitrogens is 1. The molecule has 1 N–H and O–H groups in total. The van der Waals surface area contributed by atoms with Crippen molar-refractivity contribution in [3.05, 3.63) is 76.5 Å². The minimum absolute atomic E-state index is 0.0151. The number of rotatable bonds is 4. The van der Waals surface area contributed by atoms with Gasteiger partial charge in [-0.3, -0.25) is 14.6 Å². The van der Waals surface area contributed by atoms with E-state index in [9.17, 15) is 14.9 Å². The third-order valence-corrected chi connectivity index (χ3v) is 3.16. The lowest BCUT2D eigenvalue weighted by atomic mass is 10.1. The van der Waals surface area contributed by atoms with E-state index in [0.29, 0.717) is 11.2 Å². The van der Waals surface area contributed by atoms with Crippen molar-refractivity contribution < 1.29 is 14.7 Å². The molecule has 0 unspecified atom stereocenters. The van der Waals surface area contributed by atoms with Gasteiger partial charge in [-0.1, -0.05) is 24.3 Å². The van der Waals surface area contributed by atoms with Crippen LogP contribution in [0.25, 0.3) is 10.9 Å². The Hall–Kier alpha value is -3.48. The van der Waals surface area contributed by atoms with E-state index in [1.165, 1.54) is 18.2 Å². The number of fused-ring (bicyclic) bond motifs is 1. The van der Waals surface area contributed by atoms with Crippen molar-refractivity contribution in [1.82, 2.24) is 4.98 Å². The first-order valence-electron chi connectivity index (χ1n) is 6.71. The van der Waals surface area contributed by atoms with E-state index in [0.717, 1.165) is 5.39 Å². The third kappa shape index (κ3) is 3.24. The molecule has 0 radical (unpaired) electrons. The molecule has 1 amide bonds. The summed E-state index contributed by atoms with van der Waals surface area (Å²) < 4.78 is 0. The Balaban J connectivity index is 1.88. The SMILES string of the molecule is O=C(Nc1cccc2cccnc12)c1cccc(O[N+](=O)[O-])c1. The van der Waals surface area contributed by atoms with Gasteiger partial charge in [0.1, 0.15) is 5.75 Å². The fraction of sp³-hybridized carbons (Fsp3) is 0. The smallest absolute Gasteiger partial charge is 0.299 e. The first kappa shape index (κ1) is 14.5. The van der Waals surface area contributed by atoms with Gasteiger partial charge in [0.15, 0.2) is 0 Å². The molecule has 7 heteroatoms. The van der Waals surface area contributed by atoms with Crippen molar-refractivity contribution in [3.63, 3.8) is 0 Å². The molecule has 0 bridgehead atoms. The zero-order valence-corrected chi connectivity index (χ0v) is 11.8. The fourth-order valence-corrected chi connectivity index (χ4v) is 2.18. The number of carbonyl (C=O) groups excluding carboxylic acids is 1. The molecule has 114 valence electrons. The van der Waals surface area contributed by atoms with E-state index in [2.05, 4.69) is 15.1 Å². The van der Waals surface area contributed by atoms with Gasteiger partial charge in [-0.15, -0.1) is 10.1 Å². The number of nitrogens with zero attached hydrogens (tertiary/aromatic N) is 2. The summed E-state index contributed by atoms with van der Waals surface area (Å²) in [6.45, 7) is 0. The zero-order valence-electron chi connectivity index (χ0n) is 11.8. The molecule has 0 aliphatic carbocycles. The van der Waals surface area contributed by atoms with Crippen LogP contribution in [0, 0.1) is 10.1 Å². The van der Waals surface area contributed by atoms with E-state index in [4.69, 9.17) is 0 Å². The average Bonchev–Trinajstić information content (AvgIpc) is 2.55. The second-order valence-corrected chi connectivity index (χ2v) is 4.68. The second kappa shape index (κ2) is 6.10. The van der Waals surface area contributed by atoms with Gasteiger partial charge in [-0.25, -0.2) is 0 Å². The summed E-state index contributed by atoms with van der Waals surface area (Å²) in [6.07, 6.45) is 1.64. The Morgan fingerprint density at radius 3 is 2.74 bits per heavy atom. The number of para-hydroxylation sites is 1. The maximum absolute atomic E-state index is 12.3. The van der Waals surface area contributed by atoms with Crippen LogP contribution >= 0.6 is 0 Å². The van der Waals surface area contributed by atoms with E-state index < -0.39 is 11.0 Å². The quantitative estimate of drug-likeness (QED) is 0.590. The molecule has 3 rings (SSSR count). The van der Waals surface area contributed by atoms with Crippen LogP contribution in [0.4, 0.5) is 5.69 Å². The number of benzene rings is 2. The van der Waals surface area contributed by atoms with Gasteiger partial charge in [-0.05, 0) is 30.3 Å². The monoisotopic (exact) mass is 309 g/mol. The lowest BCUT2D eigenvalue weighted by molar-refractivity contribution is -0.711. The van der Waals surface area contributed by atoms with E-state index in [-0.39, 0.29) is 11.3 Å². The summed E-state index contributed by atoms with van der Waals surface area (Å²) in [4.78, 5) is 31.3. The first-order valence-corrected chi connectivity index (χ1v) is 6.71. The standard InChI is InChI=1S/C16H11N3O4/c20-16(12-5-1-7-13(10-12)23-19(21)22)18-14-8-2-4-11-6-3-9-17-15(11)14/h1-10H,(H,18,20). The van der Waals surface area contributed by atoms with Crippen molar-refractivity contribution in [2.45, 2.75) is 0 Å². The molecule has 0 saturated carbocycles. The van der Waals surface area contributed by atoms with Crippen LogP contribution in [0.15, 0.2) is 60.8 Å². The number of amides is 1. The van der Waals surface area contributed by atoms with Gasteiger partial charge in [-0.2, -0.15) is 0 Å². The minimum atomic E-state index is -0.925. The van der Waals surface area contributed by atoms with Crippen molar-refractivity contribution in [1.29, 1.82) is 0 Å². The topological polar surface area (TPSA) is 94.4 Å². The molecular formula is C16H11N3O4. The van der Waals surface area contributed by atoms with Crippen molar-refractivity contribution in [3.8, 4) is 5.75 Å². The fourth-order valence-electron chi connectivity index (χ4n) is 2.18. The van der Waals surface area contributed by atoms with Gasteiger partial charge in [0, 0.05) is 17.1 Å². The Morgan fingerprint density at radius 2 is 1.91 bits per heavy atom. The molecule has 0 spiro atoms. The summed E-state index contributed by atoms with van der Waals surface area (Å²) in [5, 5.41) is 13.1. The summed E-state index contributed by atoms with van der Waals surface area (Å²) in [5.74, 6) is -0.421. The van der Waals surface area contributed by atoms with Crippen molar-refractivity contribution in [2.24, 2.45) is 0 Å². The number of hydrogen-bond acceptors (Lipinski definition) is 5. The normalized spacial score (nSPS) is 10.3. The largest absolute Gasteiger partial charge is 0.320 e. The molecule has 0 aliphatic heterocycles. The van der Waals surface area contributed by atoms with Crippen LogP contribution < -0.4 is 10.2 Å². The van der Waals surface area contributed by atoms with Crippen LogP contribution in [-0.4, -0.2) is 16.0 Å². The highest BCUT2D eigenvalue weighted by molar-refractivity contribution is 6.08. The predicted octanol–water partition coefficient (Wildman–Crippen LogP) is 3.06. The highest BCUT2D eigenvalue weighted by atomic mass is 17.0. The van der Waals surface area contributed by atoms with Crippen molar-refractivity contribution >= 4 is 22.5 Å². The number of anilines is 1. The van der Waals surface area contributed by atoms with E-state index in [1.807, 2.05) is 24.3 Å². The number of nitrogens with one attached hydrogen (secondary N) is 1. The molecule has 1 heterocycles. The molecule has 0 saturated heterocycles. The first-order chi connectivity index (χ1) is 11.1. The van der Waals surface area contributed by atoms with Gasteiger partial charge in [0.2, 0.25) is 0 Å². The van der Waals surface area contributed by atoms with Crippen LogP contribution in [0.5, 0.6) is 5.75 Å². The minimum Gasteiger partial charge on any atom is -0.320 e. The molecule has 0 fully saturated rings. The van der Waals surface area contributed by atoms with Gasteiger partial charge in [0.05, 0.1) is 11.2 Å². The molecule has 7 nitrogen and oxygen atoms in total. The molecule has 0 atom stereocenters. The van der Waals surface area contributed by atoms with Crippen LogP contribution in [-0.2, 0) is 0 Å². The Morgan fingerprint density at radius 1 is 1.13 bits per heavy atom. The second-order valence-electron chi connectivity index (χ2n) is 4.68. The Labute approximate surface area is 130 Å². The van der Waals surface area contributed by atoms with E-state index >= 15 is 0 Å². The third-order valence-electron chi connectivity index (χ3n) is 3.16. The molecule has 3 aromatic rings. The van der Waals surface area contributed by atoms with Crippen LogP contribution in [0.3, 0.4) is 0 Å². The molecule has 1 aromatic heterocycles. The summed E-state index contributed by atoms with van der Waals surface area (Å²) in [6, 6.07) is 14.9. The number of pyridine rings is 1. The predicted molar refractivity (Wildman–Crippen MR) is 83.8 cm³/mol. The summed E-state index contributed by atoms with van der Waals surface area (Å²) in [7, 11) is 0.